The van der Waals surface area contributed by atoms with Crippen molar-refractivity contribution in [3.8, 4) is 11.3 Å². The number of hydrogen-bond donors (Lipinski definition) is 1. The SMILES string of the molecule is C1=Cc2c([nH]c3nc(-c4ccccc4)ccc23)CC1. The number of nitrogens with zero attached hydrogens (tertiary/aromatic N) is 1. The van der Waals surface area contributed by atoms with Gasteiger partial charge in [-0.1, -0.05) is 42.5 Å². The van der Waals surface area contributed by atoms with Gasteiger partial charge >= 0.3 is 0 Å². The van der Waals surface area contributed by atoms with Crippen LogP contribution >= 0.6 is 0 Å². The van der Waals surface area contributed by atoms with Crippen molar-refractivity contribution in [1.82, 2.24) is 9.97 Å². The Morgan fingerprint density at radius 2 is 1.89 bits per heavy atom. The third-order valence-corrected chi connectivity index (χ3v) is 3.69. The standard InChI is InChI=1S/C17H14N2/c1-2-6-12(7-3-1)15-11-10-14-13-8-4-5-9-16(13)19-17(14)18-15/h1-4,6-8,10-11H,5,9H2,(H,18,19). The molecular formula is C17H14N2. The first-order valence-electron chi connectivity index (χ1n) is 6.65. The molecule has 0 aliphatic heterocycles. The van der Waals surface area contributed by atoms with Crippen molar-refractivity contribution in [3.05, 3.63) is 59.8 Å². The van der Waals surface area contributed by atoms with Crippen LogP contribution in [0.5, 0.6) is 0 Å². The number of hydrogen-bond acceptors (Lipinski definition) is 1. The highest BCUT2D eigenvalue weighted by Crippen LogP contribution is 2.29. The van der Waals surface area contributed by atoms with Crippen LogP contribution in [0, 0.1) is 0 Å². The molecule has 0 unspecified atom stereocenters. The summed E-state index contributed by atoms with van der Waals surface area (Å²) < 4.78 is 0. The molecule has 4 rings (SSSR count). The summed E-state index contributed by atoms with van der Waals surface area (Å²) in [6, 6.07) is 14.6. The van der Waals surface area contributed by atoms with Crippen molar-refractivity contribution in [2.24, 2.45) is 0 Å². The lowest BCUT2D eigenvalue weighted by molar-refractivity contribution is 0.948. The largest absolute Gasteiger partial charge is 0.343 e. The topological polar surface area (TPSA) is 28.7 Å². The normalized spacial score (nSPS) is 13.7. The first kappa shape index (κ1) is 10.6. The number of rotatable bonds is 1. The van der Waals surface area contributed by atoms with Gasteiger partial charge in [0.1, 0.15) is 5.65 Å². The quantitative estimate of drug-likeness (QED) is 0.685. The van der Waals surface area contributed by atoms with E-state index < -0.39 is 0 Å². The first-order valence-corrected chi connectivity index (χ1v) is 6.65. The van der Waals surface area contributed by atoms with Gasteiger partial charge in [0.25, 0.3) is 0 Å². The molecule has 1 aliphatic rings. The number of fused-ring (bicyclic) bond motifs is 3. The van der Waals surface area contributed by atoms with E-state index in [1.165, 1.54) is 16.6 Å². The number of aromatic nitrogens is 2. The van der Waals surface area contributed by atoms with Crippen molar-refractivity contribution in [3.63, 3.8) is 0 Å². The highest BCUT2D eigenvalue weighted by atomic mass is 14.9. The van der Waals surface area contributed by atoms with Gasteiger partial charge in [-0.25, -0.2) is 4.98 Å². The molecule has 0 bridgehead atoms. The fraction of sp³-hybridized carbons (Fsp3) is 0.118. The number of aromatic amines is 1. The fourth-order valence-corrected chi connectivity index (χ4v) is 2.73. The van der Waals surface area contributed by atoms with Crippen LogP contribution in [0.25, 0.3) is 28.4 Å². The van der Waals surface area contributed by atoms with Crippen LogP contribution in [0.15, 0.2) is 48.5 Å². The monoisotopic (exact) mass is 246 g/mol. The van der Waals surface area contributed by atoms with E-state index >= 15 is 0 Å². The number of pyridine rings is 1. The molecule has 0 saturated heterocycles. The second kappa shape index (κ2) is 4.09. The number of aryl methyl sites for hydroxylation is 1. The molecule has 0 radical (unpaired) electrons. The summed E-state index contributed by atoms with van der Waals surface area (Å²) in [5.41, 5.74) is 5.81. The molecule has 1 aromatic carbocycles. The zero-order valence-corrected chi connectivity index (χ0v) is 10.6. The minimum absolute atomic E-state index is 0.998. The lowest BCUT2D eigenvalue weighted by Gasteiger charge is -2.03. The van der Waals surface area contributed by atoms with Crippen LogP contribution in [0.4, 0.5) is 0 Å². The van der Waals surface area contributed by atoms with Crippen molar-refractivity contribution < 1.29 is 0 Å². The fourth-order valence-electron chi connectivity index (χ4n) is 2.73. The summed E-state index contributed by atoms with van der Waals surface area (Å²) in [6.07, 6.45) is 6.65. The molecule has 92 valence electrons. The zero-order chi connectivity index (χ0) is 12.7. The summed E-state index contributed by atoms with van der Waals surface area (Å²) in [4.78, 5) is 8.22. The predicted molar refractivity (Wildman–Crippen MR) is 78.9 cm³/mol. The van der Waals surface area contributed by atoms with Crippen LogP contribution < -0.4 is 0 Å². The van der Waals surface area contributed by atoms with E-state index in [4.69, 9.17) is 4.98 Å². The maximum absolute atomic E-state index is 4.76. The Morgan fingerprint density at radius 3 is 2.79 bits per heavy atom. The average molecular weight is 246 g/mol. The zero-order valence-electron chi connectivity index (χ0n) is 10.6. The van der Waals surface area contributed by atoms with E-state index in [1.807, 2.05) is 18.2 Å². The third kappa shape index (κ3) is 1.68. The molecule has 19 heavy (non-hydrogen) atoms. The highest BCUT2D eigenvalue weighted by Gasteiger charge is 2.13. The minimum Gasteiger partial charge on any atom is -0.343 e. The lowest BCUT2D eigenvalue weighted by atomic mass is 10.0. The Morgan fingerprint density at radius 1 is 1.00 bits per heavy atom. The number of allylic oxidation sites excluding steroid dienone is 1. The molecule has 0 atom stereocenters. The third-order valence-electron chi connectivity index (χ3n) is 3.69. The Hall–Kier alpha value is -2.35. The predicted octanol–water partition coefficient (Wildman–Crippen LogP) is 4.19. The van der Waals surface area contributed by atoms with E-state index in [2.05, 4.69) is 41.4 Å². The van der Waals surface area contributed by atoms with Crippen molar-refractivity contribution in [1.29, 1.82) is 0 Å². The molecule has 2 heterocycles. The van der Waals surface area contributed by atoms with Crippen molar-refractivity contribution in [2.75, 3.05) is 0 Å². The Labute approximate surface area is 111 Å². The molecule has 1 aliphatic carbocycles. The smallest absolute Gasteiger partial charge is 0.138 e. The van der Waals surface area contributed by atoms with E-state index in [1.54, 1.807) is 0 Å². The molecule has 3 aromatic rings. The molecule has 1 N–H and O–H groups in total. The van der Waals surface area contributed by atoms with E-state index in [0.717, 1.165) is 29.7 Å². The van der Waals surface area contributed by atoms with Gasteiger partial charge in [-0.05, 0) is 25.0 Å². The Bertz CT molecular complexity index is 767. The maximum atomic E-state index is 4.76. The van der Waals surface area contributed by atoms with E-state index in [9.17, 15) is 0 Å². The molecule has 0 saturated carbocycles. The van der Waals surface area contributed by atoms with Gasteiger partial charge in [0, 0.05) is 22.2 Å². The number of nitrogens with one attached hydrogen (secondary N) is 1. The lowest BCUT2D eigenvalue weighted by Crippen LogP contribution is -1.90. The Kier molecular flexibility index (Phi) is 2.27. The summed E-state index contributed by atoms with van der Waals surface area (Å²) >= 11 is 0. The second-order valence-electron chi connectivity index (χ2n) is 4.92. The molecule has 0 amide bonds. The minimum atomic E-state index is 0.998. The van der Waals surface area contributed by atoms with Crippen LogP contribution in [0.2, 0.25) is 0 Å². The Balaban J connectivity index is 1.91. The summed E-state index contributed by atoms with van der Waals surface area (Å²) in [5, 5.41) is 1.23. The van der Waals surface area contributed by atoms with Gasteiger partial charge in [-0.2, -0.15) is 0 Å². The van der Waals surface area contributed by atoms with Crippen molar-refractivity contribution >= 4 is 17.1 Å². The van der Waals surface area contributed by atoms with Crippen LogP contribution in [-0.2, 0) is 6.42 Å². The van der Waals surface area contributed by atoms with Gasteiger partial charge < -0.3 is 4.98 Å². The van der Waals surface area contributed by atoms with Gasteiger partial charge in [-0.15, -0.1) is 0 Å². The van der Waals surface area contributed by atoms with Gasteiger partial charge in [-0.3, -0.25) is 0 Å². The number of benzene rings is 1. The molecule has 2 nitrogen and oxygen atoms in total. The van der Waals surface area contributed by atoms with Gasteiger partial charge in [0.2, 0.25) is 0 Å². The van der Waals surface area contributed by atoms with Gasteiger partial charge in [0.05, 0.1) is 5.69 Å². The molecular weight excluding hydrogens is 232 g/mol. The summed E-state index contributed by atoms with van der Waals surface area (Å²) in [5.74, 6) is 0. The molecule has 2 heteroatoms. The number of H-pyrrole nitrogens is 1. The van der Waals surface area contributed by atoms with Crippen LogP contribution in [0.3, 0.4) is 0 Å². The van der Waals surface area contributed by atoms with E-state index in [0.29, 0.717) is 0 Å². The molecule has 0 fully saturated rings. The summed E-state index contributed by atoms with van der Waals surface area (Å²) in [7, 11) is 0. The van der Waals surface area contributed by atoms with Crippen molar-refractivity contribution in [2.45, 2.75) is 12.8 Å². The first-order chi connectivity index (χ1) is 9.42. The highest BCUT2D eigenvalue weighted by molar-refractivity contribution is 5.90. The van der Waals surface area contributed by atoms with Crippen LogP contribution in [-0.4, -0.2) is 9.97 Å². The van der Waals surface area contributed by atoms with Crippen LogP contribution in [0.1, 0.15) is 17.7 Å². The summed E-state index contributed by atoms with van der Waals surface area (Å²) in [6.45, 7) is 0. The molecule has 2 aromatic heterocycles. The molecule has 0 spiro atoms. The van der Waals surface area contributed by atoms with E-state index in [-0.39, 0.29) is 0 Å². The average Bonchev–Trinajstić information content (AvgIpc) is 2.86. The second-order valence-corrected chi connectivity index (χ2v) is 4.92. The van der Waals surface area contributed by atoms with Gasteiger partial charge in [0.15, 0.2) is 0 Å². The maximum Gasteiger partial charge on any atom is 0.138 e.